The summed E-state index contributed by atoms with van der Waals surface area (Å²) in [5.41, 5.74) is 4.05. The lowest BCUT2D eigenvalue weighted by molar-refractivity contribution is -0.347. The Balaban J connectivity index is 1.22. The van der Waals surface area contributed by atoms with Crippen LogP contribution < -0.4 is 35.9 Å². The van der Waals surface area contributed by atoms with Crippen molar-refractivity contribution in [3.8, 4) is 0 Å². The second kappa shape index (κ2) is 35.6. The summed E-state index contributed by atoms with van der Waals surface area (Å²) in [5, 5.41) is 26.1. The monoisotopic (exact) mass is 1170 g/mol. The second-order valence-electron chi connectivity index (χ2n) is 18.6. The Labute approximate surface area is 459 Å². The third kappa shape index (κ3) is 27.4. The number of hydrogen-bond donors (Lipinski definition) is 5. The van der Waals surface area contributed by atoms with Gasteiger partial charge >= 0.3 is 0 Å². The first-order chi connectivity index (χ1) is 36.9. The van der Waals surface area contributed by atoms with Crippen LogP contribution in [0.1, 0.15) is 130 Å². The van der Waals surface area contributed by atoms with Gasteiger partial charge in [0.25, 0.3) is 15.6 Å². The van der Waals surface area contributed by atoms with Crippen molar-refractivity contribution < 1.29 is 85.3 Å². The van der Waals surface area contributed by atoms with Gasteiger partial charge in [-0.25, -0.2) is 19.3 Å². The van der Waals surface area contributed by atoms with Gasteiger partial charge in [-0.15, -0.1) is 0 Å². The topological polar surface area (TPSA) is 392 Å². The van der Waals surface area contributed by atoms with Crippen molar-refractivity contribution in [1.29, 1.82) is 0 Å². The molecule has 78 heavy (non-hydrogen) atoms. The molecule has 2 amide bonds. The van der Waals surface area contributed by atoms with E-state index in [0.717, 1.165) is 112 Å². The Hall–Kier alpha value is -4.07. The number of carbonyl (C=O) groups excluding carboxylic acids is 4. The maximum absolute atomic E-state index is 12.7. The van der Waals surface area contributed by atoms with Gasteiger partial charge in [-0.3, -0.25) is 32.9 Å². The van der Waals surface area contributed by atoms with Gasteiger partial charge in [0, 0.05) is 37.1 Å². The number of hydrogen-bond acceptors (Lipinski definition) is 23. The van der Waals surface area contributed by atoms with Crippen LogP contribution in [-0.4, -0.2) is 109 Å². The van der Waals surface area contributed by atoms with E-state index in [1.165, 1.54) is 13.8 Å². The van der Waals surface area contributed by atoms with E-state index in [2.05, 4.69) is 111 Å². The lowest BCUT2D eigenvalue weighted by atomic mass is 9.87. The smallest absolute Gasteiger partial charge is 0.274 e. The van der Waals surface area contributed by atoms with Crippen molar-refractivity contribution in [2.45, 2.75) is 154 Å². The van der Waals surface area contributed by atoms with Crippen molar-refractivity contribution in [3.05, 3.63) is 73.4 Å². The molecule has 0 spiro atoms. The van der Waals surface area contributed by atoms with Crippen LogP contribution in [-0.2, 0) is 55.5 Å². The highest BCUT2D eigenvalue weighted by atomic mass is 32.2. The van der Waals surface area contributed by atoms with Gasteiger partial charge in [0.15, 0.2) is 22.8 Å². The van der Waals surface area contributed by atoms with Gasteiger partial charge in [-0.2, -0.15) is 0 Å². The number of ether oxygens (including phenoxy) is 1. The van der Waals surface area contributed by atoms with Gasteiger partial charge in [0.1, 0.15) is 42.0 Å². The molecule has 29 heteroatoms. The number of nitrogens with zero attached hydrogens (tertiary/aromatic N) is 4. The Kier molecular flexibility index (Phi) is 31.1. The minimum atomic E-state index is -5.94. The number of unbranched alkanes of at least 4 members (excludes halogenated alkanes) is 7. The van der Waals surface area contributed by atoms with Crippen molar-refractivity contribution in [1.82, 2.24) is 30.2 Å². The molecule has 7 atom stereocenters. The number of imidazole rings is 1. The fraction of sp³-hybridized carbons (Fsp3) is 0.612. The van der Waals surface area contributed by atoms with Crippen LogP contribution in [0.5, 0.6) is 0 Å². The van der Waals surface area contributed by atoms with Gasteiger partial charge in [-0.05, 0) is 51.4 Å². The zero-order valence-electron chi connectivity index (χ0n) is 44.2. The number of nitrogens with one attached hydrogen (secondary N) is 2. The number of Topliss-reactive ketones (excluding diaryl/α,β-unsaturated/α-hetero) is 1. The molecule has 7 unspecified atom stereocenters. The molecule has 3 rings (SSSR count). The molecule has 0 aromatic carbocycles. The summed E-state index contributed by atoms with van der Waals surface area (Å²) >= 11 is 0.921. The zero-order valence-corrected chi connectivity index (χ0v) is 47.7. The van der Waals surface area contributed by atoms with E-state index >= 15 is 0 Å². The molecule has 0 bridgehead atoms. The second-order valence-corrected chi connectivity index (χ2v) is 23.9. The third-order valence-electron chi connectivity index (χ3n) is 11.6. The van der Waals surface area contributed by atoms with E-state index in [4.69, 9.17) is 10.5 Å². The molecule has 6 N–H and O–H groups in total. The summed E-state index contributed by atoms with van der Waals surface area (Å²) in [4.78, 5) is 109. The average Bonchev–Trinajstić information content (AvgIpc) is 4.01. The summed E-state index contributed by atoms with van der Waals surface area (Å²) in [6, 6.07) is 0. The first-order valence-corrected chi connectivity index (χ1v) is 31.1. The molecule has 0 radical (unpaired) electrons. The summed E-state index contributed by atoms with van der Waals surface area (Å²) in [5.74, 6) is -1.55. The third-order valence-corrected chi connectivity index (χ3v) is 15.5. The van der Waals surface area contributed by atoms with Gasteiger partial charge < -0.3 is 69.0 Å². The maximum Gasteiger partial charge on any atom is 0.274 e. The molecule has 0 aliphatic carbocycles. The molecule has 1 aliphatic rings. The van der Waals surface area contributed by atoms with Crippen molar-refractivity contribution in [2.75, 3.05) is 37.8 Å². The number of nitrogens with two attached hydrogens (primary N) is 1. The average molecular weight is 1170 g/mol. The van der Waals surface area contributed by atoms with Crippen LogP contribution in [0.2, 0.25) is 0 Å². The Morgan fingerprint density at radius 3 is 2.04 bits per heavy atom. The van der Waals surface area contributed by atoms with Crippen LogP contribution in [0.15, 0.2) is 73.4 Å². The van der Waals surface area contributed by atoms with Gasteiger partial charge in [0.05, 0.1) is 33.8 Å². The molecule has 1 aliphatic heterocycles. The van der Waals surface area contributed by atoms with E-state index in [1.54, 1.807) is 0 Å². The number of ketones is 1. The Morgan fingerprint density at radius 2 is 1.41 bits per heavy atom. The number of carbonyl (C=O) groups is 4. The normalized spacial score (nSPS) is 19.4. The zero-order chi connectivity index (χ0) is 57.6. The number of anilines is 1. The Bertz CT molecular complexity index is 2500. The fourth-order valence-electron chi connectivity index (χ4n) is 7.41. The number of fused-ring (bicyclic) bond motifs is 1. The first kappa shape index (κ1) is 68.2. The number of amides is 2. The minimum Gasteiger partial charge on any atom is -0.790 e. The highest BCUT2D eigenvalue weighted by Crippen LogP contribution is 2.56. The number of phosphoric acid groups is 3. The first-order valence-electron chi connectivity index (χ1n) is 25.7. The molecular formula is C49H74N7O18P3S-4. The Morgan fingerprint density at radius 1 is 0.821 bits per heavy atom. The highest BCUT2D eigenvalue weighted by molar-refractivity contribution is 8.13. The number of rotatable bonds is 40. The minimum absolute atomic E-state index is 0.0274. The number of aliphatic hydroxyl groups excluding tert-OH is 2. The number of allylic oxidation sites excluding steroid dienone is 10. The van der Waals surface area contributed by atoms with Crippen molar-refractivity contribution in [3.63, 3.8) is 0 Å². The standard InChI is InChI=1S/C49H78N7O18P3S/c1-4-5-6-7-8-9-10-11-12-13-14-15-16-17-18-19-20-21-22-23-24-25-26-27-37(57)32-40(59)78-31-30-51-39(58)28-29-52-47(62)44(61)49(2,3)34-71-77(68,69)74-76(66,67)70-33-38-43(73-75(63,64)65)42(60)48(72-38)56-36-55-41-45(50)53-35-54-46(41)56/h5-6,8-9,11-12,14-15,17-18,35-36,38,42-44,48,60-61H,4,7,10,13,16,19-34H2,1-3H3,(H,51,58)(H,52,62)(H,66,67)(H,68,69)(H2,50,53,54)(H2,63,64,65)/p-4. The molecule has 25 nitrogen and oxygen atoms in total. The summed E-state index contributed by atoms with van der Waals surface area (Å²) in [7, 11) is -17.7. The predicted molar refractivity (Wildman–Crippen MR) is 284 cm³/mol. The largest absolute Gasteiger partial charge is 0.790 e. The summed E-state index contributed by atoms with van der Waals surface area (Å²) in [6.45, 7) is 2.05. The van der Waals surface area contributed by atoms with Crippen LogP contribution in [0.4, 0.5) is 5.82 Å². The predicted octanol–water partition coefficient (Wildman–Crippen LogP) is 4.36. The van der Waals surface area contributed by atoms with E-state index < -0.39 is 84.6 Å². The molecule has 1 saturated heterocycles. The number of aliphatic hydroxyl groups is 2. The molecule has 2 aromatic heterocycles. The molecule has 0 saturated carbocycles. The number of nitrogen functional groups attached to an aromatic ring is 1. The van der Waals surface area contributed by atoms with Crippen molar-refractivity contribution >= 4 is 74.9 Å². The van der Waals surface area contributed by atoms with E-state index in [0.29, 0.717) is 6.42 Å². The van der Waals surface area contributed by atoms with Crippen LogP contribution in [0.3, 0.4) is 0 Å². The number of thioether (sulfide) groups is 1. The van der Waals surface area contributed by atoms with E-state index in [1.807, 2.05) is 0 Å². The molecule has 1 fully saturated rings. The van der Waals surface area contributed by atoms with Crippen LogP contribution >= 0.6 is 35.2 Å². The number of aromatic nitrogens is 4. The lowest BCUT2D eigenvalue weighted by Gasteiger charge is -2.36. The summed E-state index contributed by atoms with van der Waals surface area (Å²) < 4.78 is 60.9. The van der Waals surface area contributed by atoms with Gasteiger partial charge in [-0.1, -0.05) is 125 Å². The lowest BCUT2D eigenvalue weighted by Crippen LogP contribution is -2.46. The van der Waals surface area contributed by atoms with Crippen LogP contribution in [0.25, 0.3) is 11.2 Å². The SMILES string of the molecule is CCC=CCC=CCC=CCC=CCC=CCCCCCCCCCC(=O)CC(=O)SCCNC(=O)CCNC(=O)C(O)C(C)(C)COP(=O)([O-])OP(=O)([O-])OCC1OC(n2cnc3c(N)ncnc32)C(O)C1OP(=O)([O-])[O-]. The molecule has 438 valence electrons. The number of phosphoric ester groups is 3. The van der Waals surface area contributed by atoms with E-state index in [9.17, 15) is 62.7 Å². The van der Waals surface area contributed by atoms with Crippen LogP contribution in [0, 0.1) is 5.41 Å². The fourth-order valence-corrected chi connectivity index (χ4v) is 10.8. The quantitative estimate of drug-likeness (QED) is 0.0268. The molecule has 3 heterocycles. The van der Waals surface area contributed by atoms with E-state index in [-0.39, 0.29) is 59.6 Å². The van der Waals surface area contributed by atoms with Gasteiger partial charge in [0.2, 0.25) is 11.8 Å². The molecular weight excluding hydrogens is 1100 g/mol. The van der Waals surface area contributed by atoms with Crippen molar-refractivity contribution in [2.24, 2.45) is 5.41 Å². The maximum atomic E-state index is 12.7. The molecule has 2 aromatic rings. The summed E-state index contributed by atoms with van der Waals surface area (Å²) in [6.07, 6.45) is 27.6. The highest BCUT2D eigenvalue weighted by Gasteiger charge is 2.47.